The summed E-state index contributed by atoms with van der Waals surface area (Å²) >= 11 is 0. The molecular weight excluding hydrogens is 288 g/mol. The van der Waals surface area contributed by atoms with E-state index >= 15 is 0 Å². The Hall–Kier alpha value is -2.50. The summed E-state index contributed by atoms with van der Waals surface area (Å²) in [5.74, 6) is 0.563. The SMILES string of the molecule is CCOC(=O)CC(=O)C=Cc1cc(OC)c(OC)c(OC)c1. The van der Waals surface area contributed by atoms with E-state index in [1.54, 1.807) is 25.1 Å². The van der Waals surface area contributed by atoms with Crippen molar-refractivity contribution < 1.29 is 28.5 Å². The van der Waals surface area contributed by atoms with Gasteiger partial charge in [0.1, 0.15) is 6.42 Å². The first-order chi connectivity index (χ1) is 10.5. The van der Waals surface area contributed by atoms with Gasteiger partial charge >= 0.3 is 5.97 Å². The normalized spacial score (nSPS) is 10.4. The van der Waals surface area contributed by atoms with E-state index in [0.717, 1.165) is 0 Å². The van der Waals surface area contributed by atoms with Crippen LogP contribution >= 0.6 is 0 Å². The van der Waals surface area contributed by atoms with Crippen molar-refractivity contribution in [3.05, 3.63) is 23.8 Å². The average molecular weight is 308 g/mol. The Bertz CT molecular complexity index is 537. The molecule has 120 valence electrons. The third kappa shape index (κ3) is 4.80. The minimum absolute atomic E-state index is 0.253. The first kappa shape index (κ1) is 17.6. The summed E-state index contributed by atoms with van der Waals surface area (Å²) in [4.78, 5) is 22.9. The van der Waals surface area contributed by atoms with Crippen LogP contribution in [0.25, 0.3) is 6.08 Å². The quantitative estimate of drug-likeness (QED) is 0.417. The number of benzene rings is 1. The van der Waals surface area contributed by atoms with Crippen molar-refractivity contribution in [2.45, 2.75) is 13.3 Å². The van der Waals surface area contributed by atoms with Gasteiger partial charge in [-0.15, -0.1) is 0 Å². The Balaban J connectivity index is 2.91. The van der Waals surface area contributed by atoms with Gasteiger partial charge in [0.25, 0.3) is 0 Å². The van der Waals surface area contributed by atoms with Gasteiger partial charge in [0.2, 0.25) is 5.75 Å². The molecule has 1 aromatic rings. The molecule has 0 fully saturated rings. The molecule has 6 heteroatoms. The predicted molar refractivity (Wildman–Crippen MR) is 81.4 cm³/mol. The molecule has 0 aromatic heterocycles. The fourth-order valence-electron chi connectivity index (χ4n) is 1.80. The van der Waals surface area contributed by atoms with E-state index < -0.39 is 5.97 Å². The number of ether oxygens (including phenoxy) is 4. The van der Waals surface area contributed by atoms with Gasteiger partial charge in [0.05, 0.1) is 27.9 Å². The molecule has 1 rings (SSSR count). The number of hydrogen-bond acceptors (Lipinski definition) is 6. The van der Waals surface area contributed by atoms with Crippen molar-refractivity contribution in [3.8, 4) is 17.2 Å². The largest absolute Gasteiger partial charge is 0.493 e. The van der Waals surface area contributed by atoms with Crippen LogP contribution in [0.4, 0.5) is 0 Å². The number of esters is 1. The van der Waals surface area contributed by atoms with Crippen LogP contribution in [-0.4, -0.2) is 39.7 Å². The van der Waals surface area contributed by atoms with Gasteiger partial charge in [-0.1, -0.05) is 6.08 Å². The Kier molecular flexibility index (Phi) is 6.95. The molecule has 0 N–H and O–H groups in total. The van der Waals surface area contributed by atoms with Gasteiger partial charge in [0, 0.05) is 0 Å². The predicted octanol–water partition coefficient (Wildman–Crippen LogP) is 2.25. The van der Waals surface area contributed by atoms with Crippen molar-refractivity contribution in [3.63, 3.8) is 0 Å². The second kappa shape index (κ2) is 8.71. The molecule has 1 aromatic carbocycles. The lowest BCUT2D eigenvalue weighted by atomic mass is 10.1. The standard InChI is InChI=1S/C16H20O6/c1-5-22-15(18)10-12(17)7-6-11-8-13(19-2)16(21-4)14(9-11)20-3/h6-9H,5,10H2,1-4H3. The molecule has 0 spiro atoms. The van der Waals surface area contributed by atoms with E-state index in [-0.39, 0.29) is 18.8 Å². The van der Waals surface area contributed by atoms with E-state index in [2.05, 4.69) is 0 Å². The Morgan fingerprint density at radius 2 is 1.64 bits per heavy atom. The average Bonchev–Trinajstić information content (AvgIpc) is 2.51. The Labute approximate surface area is 129 Å². The van der Waals surface area contributed by atoms with Gasteiger partial charge in [-0.2, -0.15) is 0 Å². The van der Waals surface area contributed by atoms with E-state index in [1.165, 1.54) is 27.4 Å². The fourth-order valence-corrected chi connectivity index (χ4v) is 1.80. The molecule has 0 radical (unpaired) electrons. The second-order valence-corrected chi connectivity index (χ2v) is 4.24. The molecule has 0 bridgehead atoms. The highest BCUT2D eigenvalue weighted by atomic mass is 16.5. The van der Waals surface area contributed by atoms with E-state index in [0.29, 0.717) is 22.8 Å². The highest BCUT2D eigenvalue weighted by Crippen LogP contribution is 2.38. The first-order valence-electron chi connectivity index (χ1n) is 6.72. The summed E-state index contributed by atoms with van der Waals surface area (Å²) in [6, 6.07) is 3.41. The maximum Gasteiger partial charge on any atom is 0.313 e. The molecule has 0 atom stereocenters. The smallest absolute Gasteiger partial charge is 0.313 e. The van der Waals surface area contributed by atoms with Crippen molar-refractivity contribution >= 4 is 17.8 Å². The maximum absolute atomic E-state index is 11.7. The number of rotatable bonds is 8. The number of carbonyl (C=O) groups excluding carboxylic acids is 2. The highest BCUT2D eigenvalue weighted by Gasteiger charge is 2.12. The summed E-state index contributed by atoms with van der Waals surface area (Å²) in [5.41, 5.74) is 0.687. The molecule has 0 aliphatic heterocycles. The van der Waals surface area contributed by atoms with Gasteiger partial charge in [-0.05, 0) is 30.7 Å². The molecule has 0 heterocycles. The lowest BCUT2D eigenvalue weighted by Crippen LogP contribution is -2.09. The number of hydrogen-bond donors (Lipinski definition) is 0. The van der Waals surface area contributed by atoms with Crippen molar-refractivity contribution in [2.75, 3.05) is 27.9 Å². The third-order valence-electron chi connectivity index (χ3n) is 2.77. The lowest BCUT2D eigenvalue weighted by Gasteiger charge is -2.12. The number of methoxy groups -OCH3 is 3. The van der Waals surface area contributed by atoms with Crippen LogP contribution in [0.1, 0.15) is 18.9 Å². The van der Waals surface area contributed by atoms with Crippen molar-refractivity contribution in [1.82, 2.24) is 0 Å². The van der Waals surface area contributed by atoms with Crippen LogP contribution in [0.5, 0.6) is 17.2 Å². The maximum atomic E-state index is 11.7. The number of ketones is 1. The van der Waals surface area contributed by atoms with Gasteiger partial charge < -0.3 is 18.9 Å². The summed E-state index contributed by atoms with van der Waals surface area (Å²) < 4.78 is 20.4. The molecule has 0 aliphatic carbocycles. The van der Waals surface area contributed by atoms with Crippen LogP contribution in [0.15, 0.2) is 18.2 Å². The van der Waals surface area contributed by atoms with E-state index in [1.807, 2.05) is 0 Å². The minimum Gasteiger partial charge on any atom is -0.493 e. The topological polar surface area (TPSA) is 71.1 Å². The van der Waals surface area contributed by atoms with Gasteiger partial charge in [-0.3, -0.25) is 9.59 Å². The molecule has 0 aliphatic rings. The second-order valence-electron chi connectivity index (χ2n) is 4.24. The zero-order valence-electron chi connectivity index (χ0n) is 13.2. The van der Waals surface area contributed by atoms with Gasteiger partial charge in [0.15, 0.2) is 17.3 Å². The molecule has 0 saturated heterocycles. The number of allylic oxidation sites excluding steroid dienone is 1. The van der Waals surface area contributed by atoms with Crippen molar-refractivity contribution in [1.29, 1.82) is 0 Å². The fraction of sp³-hybridized carbons (Fsp3) is 0.375. The lowest BCUT2D eigenvalue weighted by molar-refractivity contribution is -0.144. The molecule has 6 nitrogen and oxygen atoms in total. The molecule has 0 unspecified atom stereocenters. The minimum atomic E-state index is -0.540. The van der Waals surface area contributed by atoms with Gasteiger partial charge in [-0.25, -0.2) is 0 Å². The summed E-state index contributed by atoms with van der Waals surface area (Å²) in [6.07, 6.45) is 2.61. The molecule has 22 heavy (non-hydrogen) atoms. The van der Waals surface area contributed by atoms with Crippen LogP contribution in [0.2, 0.25) is 0 Å². The highest BCUT2D eigenvalue weighted by molar-refractivity contribution is 6.04. The van der Waals surface area contributed by atoms with Crippen LogP contribution in [0, 0.1) is 0 Å². The first-order valence-corrected chi connectivity index (χ1v) is 6.72. The molecular formula is C16H20O6. The van der Waals surface area contributed by atoms with Crippen LogP contribution < -0.4 is 14.2 Å². The van der Waals surface area contributed by atoms with Crippen molar-refractivity contribution in [2.24, 2.45) is 0 Å². The summed E-state index contributed by atoms with van der Waals surface area (Å²) in [6.45, 7) is 1.94. The van der Waals surface area contributed by atoms with E-state index in [4.69, 9.17) is 18.9 Å². The monoisotopic (exact) mass is 308 g/mol. The Morgan fingerprint density at radius 1 is 1.05 bits per heavy atom. The summed E-state index contributed by atoms with van der Waals surface area (Å²) in [5, 5.41) is 0. The zero-order valence-corrected chi connectivity index (χ0v) is 13.2. The van der Waals surface area contributed by atoms with Crippen LogP contribution in [0.3, 0.4) is 0 Å². The number of carbonyl (C=O) groups is 2. The third-order valence-corrected chi connectivity index (χ3v) is 2.77. The Morgan fingerprint density at radius 3 is 2.09 bits per heavy atom. The molecule has 0 amide bonds. The molecule has 0 saturated carbocycles. The van der Waals surface area contributed by atoms with E-state index in [9.17, 15) is 9.59 Å². The summed E-state index contributed by atoms with van der Waals surface area (Å²) in [7, 11) is 4.53. The van der Waals surface area contributed by atoms with Crippen LogP contribution in [-0.2, 0) is 14.3 Å². The zero-order chi connectivity index (χ0) is 16.5.